The van der Waals surface area contributed by atoms with Gasteiger partial charge in [0.1, 0.15) is 5.69 Å². The Balaban J connectivity index is 1.39. The lowest BCUT2D eigenvalue weighted by molar-refractivity contribution is 0.706. The molecule has 0 aliphatic carbocycles. The van der Waals surface area contributed by atoms with Crippen LogP contribution in [0.2, 0.25) is 5.02 Å². The molecule has 1 unspecified atom stereocenters. The van der Waals surface area contributed by atoms with Crippen molar-refractivity contribution in [2.45, 2.75) is 26.3 Å². The van der Waals surface area contributed by atoms with Gasteiger partial charge in [-0.3, -0.25) is 0 Å². The maximum absolute atomic E-state index is 6.19. The van der Waals surface area contributed by atoms with E-state index in [0.29, 0.717) is 11.4 Å². The minimum absolute atomic E-state index is 0.0176. The molecule has 2 aromatic heterocycles. The van der Waals surface area contributed by atoms with Crippen LogP contribution in [0.1, 0.15) is 35.0 Å². The first-order chi connectivity index (χ1) is 17.6. The molecule has 5 aromatic rings. The van der Waals surface area contributed by atoms with Gasteiger partial charge in [-0.1, -0.05) is 77.0 Å². The molecule has 3 heterocycles. The first-order valence-electron chi connectivity index (χ1n) is 11.7. The number of benzene rings is 3. The van der Waals surface area contributed by atoms with Crippen molar-refractivity contribution >= 4 is 33.8 Å². The minimum atomic E-state index is -0.0176. The molecule has 1 aliphatic heterocycles. The van der Waals surface area contributed by atoms with Gasteiger partial charge in [-0.2, -0.15) is 5.10 Å². The van der Waals surface area contributed by atoms with Crippen LogP contribution in [0.4, 0.5) is 5.13 Å². The quantitative estimate of drug-likeness (QED) is 0.255. The fourth-order valence-corrected chi connectivity index (χ4v) is 5.37. The molecule has 0 radical (unpaired) electrons. The summed E-state index contributed by atoms with van der Waals surface area (Å²) in [4.78, 5) is 4.94. The third-order valence-corrected chi connectivity index (χ3v) is 7.45. The number of anilines is 1. The molecule has 6 nitrogen and oxygen atoms in total. The number of aromatic nitrogens is 4. The van der Waals surface area contributed by atoms with Crippen molar-refractivity contribution in [2.24, 2.45) is 5.10 Å². The van der Waals surface area contributed by atoms with Crippen molar-refractivity contribution in [1.29, 1.82) is 0 Å². The molecule has 0 amide bonds. The lowest BCUT2D eigenvalue weighted by Crippen LogP contribution is -2.18. The number of aryl methyl sites for hydroxylation is 1. The summed E-state index contributed by atoms with van der Waals surface area (Å²) >= 11 is 7.77. The zero-order valence-corrected chi connectivity index (χ0v) is 21.4. The highest BCUT2D eigenvalue weighted by Gasteiger charge is 2.34. The van der Waals surface area contributed by atoms with Gasteiger partial charge >= 0.3 is 0 Å². The number of hydrazone groups is 1. The Morgan fingerprint density at radius 2 is 1.67 bits per heavy atom. The van der Waals surface area contributed by atoms with Gasteiger partial charge in [0.25, 0.3) is 0 Å². The van der Waals surface area contributed by atoms with E-state index in [-0.39, 0.29) is 6.04 Å². The zero-order valence-electron chi connectivity index (χ0n) is 19.8. The Bertz CT molecular complexity index is 1540. The summed E-state index contributed by atoms with van der Waals surface area (Å²) in [5, 5.41) is 19.7. The summed E-state index contributed by atoms with van der Waals surface area (Å²) in [6, 6.07) is 26.4. The molecule has 3 aromatic carbocycles. The molecular weight excluding hydrogens is 488 g/mol. The van der Waals surface area contributed by atoms with Gasteiger partial charge in [-0.15, -0.1) is 16.4 Å². The fourth-order valence-electron chi connectivity index (χ4n) is 4.41. The summed E-state index contributed by atoms with van der Waals surface area (Å²) in [5.41, 5.74) is 7.99. The van der Waals surface area contributed by atoms with Crippen molar-refractivity contribution in [3.63, 3.8) is 0 Å². The molecule has 178 valence electrons. The number of hydrogen-bond acceptors (Lipinski definition) is 6. The first kappa shape index (κ1) is 22.6. The van der Waals surface area contributed by atoms with Gasteiger partial charge in [0.2, 0.25) is 5.13 Å². The van der Waals surface area contributed by atoms with E-state index >= 15 is 0 Å². The second-order valence-electron chi connectivity index (χ2n) is 8.81. The Hall–Kier alpha value is -3.81. The minimum Gasteiger partial charge on any atom is -0.231 e. The second-order valence-corrected chi connectivity index (χ2v) is 10.1. The largest absolute Gasteiger partial charge is 0.231 e. The van der Waals surface area contributed by atoms with E-state index in [1.807, 2.05) is 46.9 Å². The van der Waals surface area contributed by atoms with Crippen molar-refractivity contribution in [3.8, 4) is 16.9 Å². The van der Waals surface area contributed by atoms with E-state index in [1.165, 1.54) is 5.56 Å². The van der Waals surface area contributed by atoms with Crippen molar-refractivity contribution in [1.82, 2.24) is 20.0 Å². The summed E-state index contributed by atoms with van der Waals surface area (Å²) < 4.78 is 1.87. The lowest BCUT2D eigenvalue weighted by atomic mass is 10.0. The molecule has 0 saturated heterocycles. The summed E-state index contributed by atoms with van der Waals surface area (Å²) in [6.45, 7) is 4.11. The normalized spacial score (nSPS) is 15.4. The highest BCUT2D eigenvalue weighted by Crippen LogP contribution is 2.39. The van der Waals surface area contributed by atoms with Crippen molar-refractivity contribution in [3.05, 3.63) is 112 Å². The van der Waals surface area contributed by atoms with E-state index in [0.717, 1.165) is 44.7 Å². The Kier molecular flexibility index (Phi) is 5.87. The molecule has 1 atom stereocenters. The maximum atomic E-state index is 6.19. The SMILES string of the molecule is Cc1ccc(-n2nnc(C3=NN(c4nc(-c5ccccc5)cs4)C(c4ccc(Cl)cc4)C3)c2C)cc1. The topological polar surface area (TPSA) is 59.2 Å². The fraction of sp³-hybridized carbons (Fsp3) is 0.143. The Labute approximate surface area is 218 Å². The standard InChI is InChI=1S/C28H23ClN6S/c1-18-8-14-23(15-9-18)34-19(2)27(31-33-34)24-16-26(21-10-12-22(29)13-11-21)35(32-24)28-30-25(17-36-28)20-6-4-3-5-7-20/h3-15,17,26H,16H2,1-2H3. The molecule has 0 N–H and O–H groups in total. The van der Waals surface area contributed by atoms with E-state index in [4.69, 9.17) is 21.7 Å². The van der Waals surface area contributed by atoms with Crippen LogP contribution in [0.25, 0.3) is 16.9 Å². The number of nitrogens with zero attached hydrogens (tertiary/aromatic N) is 6. The molecule has 6 rings (SSSR count). The van der Waals surface area contributed by atoms with Crippen molar-refractivity contribution < 1.29 is 0 Å². The number of halogens is 1. The smallest absolute Gasteiger partial charge is 0.207 e. The van der Waals surface area contributed by atoms with Gasteiger partial charge in [0.15, 0.2) is 0 Å². The molecule has 0 saturated carbocycles. The van der Waals surface area contributed by atoms with E-state index in [9.17, 15) is 0 Å². The summed E-state index contributed by atoms with van der Waals surface area (Å²) in [5.74, 6) is 0. The number of thiazole rings is 1. The summed E-state index contributed by atoms with van der Waals surface area (Å²) in [7, 11) is 0. The molecule has 0 bridgehead atoms. The van der Waals surface area contributed by atoms with Crippen LogP contribution in [0.3, 0.4) is 0 Å². The molecular formula is C28H23ClN6S. The average molecular weight is 511 g/mol. The maximum Gasteiger partial charge on any atom is 0.207 e. The van der Waals surface area contributed by atoms with Crippen molar-refractivity contribution in [2.75, 3.05) is 5.01 Å². The first-order valence-corrected chi connectivity index (χ1v) is 13.0. The van der Waals surface area contributed by atoms with Crippen LogP contribution in [0.15, 0.2) is 89.3 Å². The van der Waals surface area contributed by atoms with Gasteiger partial charge in [-0.05, 0) is 43.7 Å². The Morgan fingerprint density at radius 3 is 2.42 bits per heavy atom. The van der Waals surface area contributed by atoms with Gasteiger partial charge in [0.05, 0.1) is 28.8 Å². The number of rotatable bonds is 5. The van der Waals surface area contributed by atoms with Crippen LogP contribution in [0, 0.1) is 13.8 Å². The van der Waals surface area contributed by atoms with E-state index in [1.54, 1.807) is 11.3 Å². The summed E-state index contributed by atoms with van der Waals surface area (Å²) in [6.07, 6.45) is 0.690. The Morgan fingerprint density at radius 1 is 0.917 bits per heavy atom. The molecule has 0 spiro atoms. The third-order valence-electron chi connectivity index (χ3n) is 6.37. The number of hydrogen-bond donors (Lipinski definition) is 0. The predicted molar refractivity (Wildman–Crippen MR) is 146 cm³/mol. The zero-order chi connectivity index (χ0) is 24.6. The van der Waals surface area contributed by atoms with Crippen LogP contribution < -0.4 is 5.01 Å². The molecule has 1 aliphatic rings. The van der Waals surface area contributed by atoms with Crippen LogP contribution in [-0.4, -0.2) is 25.7 Å². The highest BCUT2D eigenvalue weighted by atomic mass is 35.5. The molecule has 8 heteroatoms. The predicted octanol–water partition coefficient (Wildman–Crippen LogP) is 7.02. The lowest BCUT2D eigenvalue weighted by Gasteiger charge is -2.21. The van der Waals surface area contributed by atoms with Gasteiger partial charge in [-0.25, -0.2) is 14.7 Å². The molecule has 36 heavy (non-hydrogen) atoms. The van der Waals surface area contributed by atoms with Crippen LogP contribution in [-0.2, 0) is 0 Å². The van der Waals surface area contributed by atoms with Gasteiger partial charge < -0.3 is 0 Å². The second kappa shape index (κ2) is 9.33. The van der Waals surface area contributed by atoms with E-state index < -0.39 is 0 Å². The van der Waals surface area contributed by atoms with Crippen LogP contribution >= 0.6 is 22.9 Å². The monoisotopic (exact) mass is 510 g/mol. The van der Waals surface area contributed by atoms with Gasteiger partial charge in [0, 0.05) is 22.4 Å². The third kappa shape index (κ3) is 4.21. The van der Waals surface area contributed by atoms with Crippen LogP contribution in [0.5, 0.6) is 0 Å². The highest BCUT2D eigenvalue weighted by molar-refractivity contribution is 7.14. The molecule has 0 fully saturated rings. The average Bonchev–Trinajstić information content (AvgIpc) is 3.64. The van der Waals surface area contributed by atoms with E-state index in [2.05, 4.69) is 71.1 Å².